The van der Waals surface area contributed by atoms with Gasteiger partial charge in [0.25, 0.3) is 0 Å². The van der Waals surface area contributed by atoms with Crippen LogP contribution in [-0.2, 0) is 0 Å². The molecule has 14 rings (SSSR count). The Balaban J connectivity index is 1.10. The molecule has 0 aliphatic rings. The number of aromatic nitrogens is 5. The van der Waals surface area contributed by atoms with Gasteiger partial charge < -0.3 is 8.98 Å². The average Bonchev–Trinajstić information content (AvgIpc) is 4.05. The van der Waals surface area contributed by atoms with Gasteiger partial charge in [-0.1, -0.05) is 164 Å². The van der Waals surface area contributed by atoms with Gasteiger partial charge in [-0.3, -0.25) is 4.57 Å². The first-order valence-electron chi connectivity index (χ1n) is 21.9. The lowest BCUT2D eigenvalue weighted by Gasteiger charge is -2.13. The maximum Gasteiger partial charge on any atom is 0.238 e. The van der Waals surface area contributed by atoms with E-state index in [1.807, 2.05) is 36.4 Å². The number of para-hydroxylation sites is 2. The van der Waals surface area contributed by atoms with Gasteiger partial charge in [-0.15, -0.1) is 0 Å². The lowest BCUT2D eigenvalue weighted by Crippen LogP contribution is -2.06. The summed E-state index contributed by atoms with van der Waals surface area (Å²) in [5.74, 6) is 1.70. The van der Waals surface area contributed by atoms with Crippen molar-refractivity contribution < 1.29 is 4.42 Å². The largest absolute Gasteiger partial charge is 0.456 e. The van der Waals surface area contributed by atoms with E-state index in [1.165, 1.54) is 49.0 Å². The van der Waals surface area contributed by atoms with Crippen LogP contribution in [0.15, 0.2) is 217 Å². The molecule has 0 saturated carbocycles. The van der Waals surface area contributed by atoms with Crippen LogP contribution in [0, 0.1) is 0 Å². The van der Waals surface area contributed by atoms with Crippen molar-refractivity contribution in [2.45, 2.75) is 0 Å². The lowest BCUT2D eigenvalue weighted by atomic mass is 9.95. The molecule has 0 radical (unpaired) electrons. The molecule has 0 atom stereocenters. The Bertz CT molecular complexity index is 4240. The number of benzene rings is 10. The van der Waals surface area contributed by atoms with Gasteiger partial charge in [0.05, 0.1) is 22.1 Å². The minimum atomic E-state index is 0.540. The molecule has 0 N–H and O–H groups in total. The van der Waals surface area contributed by atoms with E-state index in [9.17, 15) is 0 Å². The molecule has 0 fully saturated rings. The Morgan fingerprint density at radius 1 is 0.308 bits per heavy atom. The summed E-state index contributed by atoms with van der Waals surface area (Å²) in [6.07, 6.45) is 0. The summed E-state index contributed by atoms with van der Waals surface area (Å²) < 4.78 is 11.1. The van der Waals surface area contributed by atoms with Crippen molar-refractivity contribution in [1.82, 2.24) is 24.1 Å². The molecule has 4 heterocycles. The summed E-state index contributed by atoms with van der Waals surface area (Å²) >= 11 is 0. The van der Waals surface area contributed by atoms with E-state index < -0.39 is 0 Å². The molecule has 302 valence electrons. The van der Waals surface area contributed by atoms with E-state index in [1.54, 1.807) is 0 Å². The van der Waals surface area contributed by atoms with Gasteiger partial charge in [0.1, 0.15) is 11.2 Å². The molecule has 6 nitrogen and oxygen atoms in total. The molecule has 10 aromatic carbocycles. The van der Waals surface area contributed by atoms with Gasteiger partial charge in [0.2, 0.25) is 5.95 Å². The van der Waals surface area contributed by atoms with Crippen molar-refractivity contribution in [3.8, 4) is 45.5 Å². The fourth-order valence-electron chi connectivity index (χ4n) is 10.3. The van der Waals surface area contributed by atoms with Crippen LogP contribution in [0.4, 0.5) is 0 Å². The molecule has 0 amide bonds. The van der Waals surface area contributed by atoms with Gasteiger partial charge in [0.15, 0.2) is 11.6 Å². The summed E-state index contributed by atoms with van der Waals surface area (Å²) in [4.78, 5) is 15.8. The Morgan fingerprint density at radius 3 is 1.68 bits per heavy atom. The van der Waals surface area contributed by atoms with Crippen molar-refractivity contribution >= 4 is 87.1 Å². The first-order valence-corrected chi connectivity index (χ1v) is 21.9. The molecule has 6 heteroatoms. The van der Waals surface area contributed by atoms with Crippen molar-refractivity contribution in [2.24, 2.45) is 0 Å². The van der Waals surface area contributed by atoms with E-state index in [4.69, 9.17) is 19.4 Å². The first-order chi connectivity index (χ1) is 32.2. The highest BCUT2D eigenvalue weighted by atomic mass is 16.3. The average molecular weight is 830 g/mol. The third-order valence-corrected chi connectivity index (χ3v) is 13.1. The van der Waals surface area contributed by atoms with Crippen LogP contribution in [0.1, 0.15) is 0 Å². The molecule has 0 spiro atoms. The van der Waals surface area contributed by atoms with Gasteiger partial charge in [-0.25, -0.2) is 4.98 Å². The lowest BCUT2D eigenvalue weighted by molar-refractivity contribution is 0.669. The maximum absolute atomic E-state index is 6.37. The Morgan fingerprint density at radius 2 is 0.892 bits per heavy atom. The highest BCUT2D eigenvalue weighted by molar-refractivity contribution is 6.38. The van der Waals surface area contributed by atoms with Crippen molar-refractivity contribution in [3.05, 3.63) is 212 Å². The quantitative estimate of drug-likeness (QED) is 0.162. The second kappa shape index (κ2) is 13.8. The van der Waals surface area contributed by atoms with Crippen LogP contribution in [0.5, 0.6) is 0 Å². The number of hydrogen-bond acceptors (Lipinski definition) is 4. The highest BCUT2D eigenvalue weighted by Gasteiger charge is 2.25. The summed E-state index contributed by atoms with van der Waals surface area (Å²) in [6.45, 7) is 0. The van der Waals surface area contributed by atoms with E-state index in [0.29, 0.717) is 17.6 Å². The predicted octanol–water partition coefficient (Wildman–Crippen LogP) is 15.3. The Hall–Kier alpha value is -8.87. The van der Waals surface area contributed by atoms with Gasteiger partial charge in [0, 0.05) is 54.5 Å². The number of hydrogen-bond donors (Lipinski definition) is 0. The zero-order valence-electron chi connectivity index (χ0n) is 34.9. The monoisotopic (exact) mass is 829 g/mol. The minimum Gasteiger partial charge on any atom is -0.456 e. The zero-order chi connectivity index (χ0) is 42.6. The number of furan rings is 1. The SMILES string of the molecule is c1ccc(-c2cccc(-n3c4ccc5c(c6ccccc6n5-c5nc(-c6ccccc6)nc(-c6ccc7c(c6)oc6ccccc67)n5)c4c4c5ccccc5c5ccccc5c43)c2)cc1. The van der Waals surface area contributed by atoms with Crippen LogP contribution >= 0.6 is 0 Å². The number of rotatable bonds is 5. The number of nitrogens with zero attached hydrogens (tertiary/aromatic N) is 5. The normalized spacial score (nSPS) is 12.0. The van der Waals surface area contributed by atoms with Gasteiger partial charge in [-0.05, 0) is 75.8 Å². The van der Waals surface area contributed by atoms with Crippen molar-refractivity contribution in [3.63, 3.8) is 0 Å². The van der Waals surface area contributed by atoms with E-state index in [2.05, 4.69) is 185 Å². The molecule has 0 aliphatic carbocycles. The molecule has 0 aliphatic heterocycles. The molecule has 0 unspecified atom stereocenters. The summed E-state index contributed by atoms with van der Waals surface area (Å²) in [5.41, 5.74) is 11.2. The molecule has 0 bridgehead atoms. The third-order valence-electron chi connectivity index (χ3n) is 13.1. The van der Waals surface area contributed by atoms with Crippen LogP contribution in [0.3, 0.4) is 0 Å². The Labute approximate surface area is 371 Å². The molecule has 4 aromatic heterocycles. The molecular weight excluding hydrogens is 795 g/mol. The second-order valence-electron chi connectivity index (χ2n) is 16.7. The standard InChI is InChI=1S/C59H35N5O/c1-3-16-36(17-4-1)38-20-15-21-40(34-38)63-50-33-32-49-53(55(50)54-45-25-9-7-22-41(45)42-23-8-10-26-46(42)56(54)63)47-27-11-13-28-48(47)64(49)59-61-57(37-18-5-2-6-19-37)60-58(62-59)39-30-31-44-43-24-12-14-29-51(43)65-52(44)35-39/h1-35H. The van der Waals surface area contributed by atoms with Crippen LogP contribution in [-0.4, -0.2) is 24.1 Å². The fraction of sp³-hybridized carbons (Fsp3) is 0. The molecule has 14 aromatic rings. The van der Waals surface area contributed by atoms with Gasteiger partial charge in [-0.2, -0.15) is 9.97 Å². The fourth-order valence-corrected chi connectivity index (χ4v) is 10.3. The van der Waals surface area contributed by atoms with Crippen molar-refractivity contribution in [2.75, 3.05) is 0 Å². The van der Waals surface area contributed by atoms with Crippen molar-refractivity contribution in [1.29, 1.82) is 0 Å². The number of fused-ring (bicyclic) bond motifs is 15. The minimum absolute atomic E-state index is 0.540. The maximum atomic E-state index is 6.37. The smallest absolute Gasteiger partial charge is 0.238 e. The summed E-state index contributed by atoms with van der Waals surface area (Å²) in [6, 6.07) is 75.1. The second-order valence-corrected chi connectivity index (χ2v) is 16.7. The van der Waals surface area contributed by atoms with E-state index >= 15 is 0 Å². The van der Waals surface area contributed by atoms with Gasteiger partial charge >= 0.3 is 0 Å². The van der Waals surface area contributed by atoms with Crippen LogP contribution < -0.4 is 0 Å². The van der Waals surface area contributed by atoms with E-state index in [-0.39, 0.29) is 0 Å². The molecule has 65 heavy (non-hydrogen) atoms. The first kappa shape index (κ1) is 35.7. The van der Waals surface area contributed by atoms with Crippen LogP contribution in [0.25, 0.3) is 133 Å². The van der Waals surface area contributed by atoms with E-state index in [0.717, 1.165) is 66.1 Å². The Kier molecular flexibility index (Phi) is 7.59. The van der Waals surface area contributed by atoms with Crippen LogP contribution in [0.2, 0.25) is 0 Å². The highest BCUT2D eigenvalue weighted by Crippen LogP contribution is 2.47. The topological polar surface area (TPSA) is 61.7 Å². The summed E-state index contributed by atoms with van der Waals surface area (Å²) in [7, 11) is 0. The predicted molar refractivity (Wildman–Crippen MR) is 267 cm³/mol. The molecular formula is C59H35N5O. The summed E-state index contributed by atoms with van der Waals surface area (Å²) in [5, 5.41) is 11.7. The third kappa shape index (κ3) is 5.31. The zero-order valence-corrected chi connectivity index (χ0v) is 34.9. The molecule has 0 saturated heterocycles.